The van der Waals surface area contributed by atoms with Gasteiger partial charge in [0.05, 0.1) is 12.6 Å². The minimum Gasteiger partial charge on any atom is -0.389 e. The first-order valence-corrected chi connectivity index (χ1v) is 11.1. The van der Waals surface area contributed by atoms with Crippen molar-refractivity contribution in [2.75, 3.05) is 18.0 Å². The maximum absolute atomic E-state index is 12.5. The van der Waals surface area contributed by atoms with Crippen molar-refractivity contribution in [2.24, 2.45) is 0 Å². The second kappa shape index (κ2) is 8.85. The van der Waals surface area contributed by atoms with Gasteiger partial charge in [-0.2, -0.15) is 0 Å². The van der Waals surface area contributed by atoms with Gasteiger partial charge in [0.25, 0.3) is 0 Å². The van der Waals surface area contributed by atoms with E-state index in [-0.39, 0.29) is 5.78 Å². The van der Waals surface area contributed by atoms with Gasteiger partial charge in [-0.3, -0.25) is 4.79 Å². The molecular weight excluding hydrogens is 396 g/mol. The van der Waals surface area contributed by atoms with E-state index >= 15 is 0 Å². The molecule has 2 heterocycles. The van der Waals surface area contributed by atoms with E-state index in [0.29, 0.717) is 18.7 Å². The Morgan fingerprint density at radius 1 is 0.938 bits per heavy atom. The number of ketones is 1. The van der Waals surface area contributed by atoms with E-state index in [1.165, 1.54) is 11.3 Å². The predicted octanol–water partition coefficient (Wildman–Crippen LogP) is 4.96. The van der Waals surface area contributed by atoms with E-state index in [1.54, 1.807) is 6.08 Å². The third-order valence-electron chi connectivity index (χ3n) is 6.11. The fourth-order valence-electron chi connectivity index (χ4n) is 4.56. The number of fused-ring (bicyclic) bond motifs is 2. The van der Waals surface area contributed by atoms with Crippen LogP contribution in [0.3, 0.4) is 0 Å². The molecule has 1 atom stereocenters. The molecule has 0 bridgehead atoms. The second-order valence-corrected chi connectivity index (χ2v) is 8.30. The molecule has 4 heteroatoms. The molecule has 4 nitrogen and oxygen atoms in total. The number of hydrogen-bond acceptors (Lipinski definition) is 3. The fourth-order valence-corrected chi connectivity index (χ4v) is 4.56. The van der Waals surface area contributed by atoms with Crippen LogP contribution in [0.4, 0.5) is 5.69 Å². The molecule has 0 saturated carbocycles. The number of rotatable bonds is 7. The summed E-state index contributed by atoms with van der Waals surface area (Å²) in [6.07, 6.45) is 6.05. The first-order chi connectivity index (χ1) is 15.7. The highest BCUT2D eigenvalue weighted by Crippen LogP contribution is 2.28. The van der Waals surface area contributed by atoms with E-state index in [4.69, 9.17) is 0 Å². The average Bonchev–Trinajstić information content (AvgIpc) is 3.39. The Kier molecular flexibility index (Phi) is 5.61. The van der Waals surface area contributed by atoms with E-state index < -0.39 is 6.10 Å². The lowest BCUT2D eigenvalue weighted by atomic mass is 10.1. The molecule has 1 aromatic heterocycles. The number of carbonyl (C=O) groups excluding carboxylic acids is 1. The average molecular weight is 423 g/mol. The lowest BCUT2D eigenvalue weighted by molar-refractivity contribution is 0.104. The minimum absolute atomic E-state index is 0.0184. The van der Waals surface area contributed by atoms with E-state index in [2.05, 4.69) is 45.9 Å². The number of allylic oxidation sites excluding steroid dienone is 1. The molecule has 0 spiro atoms. The van der Waals surface area contributed by atoms with Gasteiger partial charge in [0, 0.05) is 47.0 Å². The van der Waals surface area contributed by atoms with Crippen LogP contribution < -0.4 is 4.90 Å². The number of benzene rings is 3. The molecule has 1 N–H and O–H groups in total. The molecule has 0 radical (unpaired) electrons. The first-order valence-electron chi connectivity index (χ1n) is 11.1. The Morgan fingerprint density at radius 2 is 1.69 bits per heavy atom. The van der Waals surface area contributed by atoms with Crippen LogP contribution in [0.2, 0.25) is 0 Å². The molecule has 4 aromatic rings. The van der Waals surface area contributed by atoms with Crippen molar-refractivity contribution in [3.63, 3.8) is 0 Å². The number of nitrogens with zero attached hydrogens (tertiary/aromatic N) is 2. The number of aliphatic hydroxyl groups is 1. The topological polar surface area (TPSA) is 45.5 Å². The third-order valence-corrected chi connectivity index (χ3v) is 6.11. The van der Waals surface area contributed by atoms with Crippen molar-refractivity contribution in [3.8, 4) is 0 Å². The van der Waals surface area contributed by atoms with Crippen LogP contribution in [0.25, 0.3) is 17.0 Å². The van der Waals surface area contributed by atoms with Gasteiger partial charge in [-0.25, -0.2) is 0 Å². The zero-order chi connectivity index (χ0) is 21.9. The molecule has 1 aliphatic rings. The monoisotopic (exact) mass is 422 g/mol. The number of carbonyl (C=O) groups is 1. The zero-order valence-electron chi connectivity index (χ0n) is 17.9. The van der Waals surface area contributed by atoms with Gasteiger partial charge < -0.3 is 14.6 Å². The third kappa shape index (κ3) is 4.10. The van der Waals surface area contributed by atoms with Crippen LogP contribution >= 0.6 is 0 Å². The standard InChI is InChI=1S/C28H26N2O2/c31-24(19-29-17-16-21-8-4-6-12-26(21)29)20-30-18-23(25-11-5-7-13-27(25)30)14-15-28(32)22-9-2-1-3-10-22/h1-15,18,24,31H,16-17,19-20H2/b15-14+/t24-/m0/s1. The van der Waals surface area contributed by atoms with E-state index in [1.807, 2.05) is 54.7 Å². The Labute approximate surface area is 188 Å². The summed E-state index contributed by atoms with van der Waals surface area (Å²) < 4.78 is 2.09. The highest BCUT2D eigenvalue weighted by molar-refractivity contribution is 6.07. The van der Waals surface area contributed by atoms with Crippen molar-refractivity contribution < 1.29 is 9.90 Å². The number of aliphatic hydroxyl groups excluding tert-OH is 1. The SMILES string of the molecule is O=C(/C=C/c1cn(C[C@@H](O)CN2CCc3ccccc32)c2ccccc12)c1ccccc1. The summed E-state index contributed by atoms with van der Waals surface area (Å²) in [4.78, 5) is 14.8. The smallest absolute Gasteiger partial charge is 0.185 e. The highest BCUT2D eigenvalue weighted by Gasteiger charge is 2.21. The van der Waals surface area contributed by atoms with Crippen LogP contribution in [-0.2, 0) is 13.0 Å². The summed E-state index contributed by atoms with van der Waals surface area (Å²) >= 11 is 0. The number of anilines is 1. The van der Waals surface area contributed by atoms with E-state index in [0.717, 1.165) is 29.4 Å². The van der Waals surface area contributed by atoms with Crippen LogP contribution in [0.15, 0.2) is 91.1 Å². The van der Waals surface area contributed by atoms with Gasteiger partial charge in [-0.05, 0) is 36.3 Å². The van der Waals surface area contributed by atoms with Gasteiger partial charge in [0.15, 0.2) is 5.78 Å². The van der Waals surface area contributed by atoms with Gasteiger partial charge in [-0.15, -0.1) is 0 Å². The normalized spacial score (nSPS) is 14.2. The Morgan fingerprint density at radius 3 is 2.56 bits per heavy atom. The molecular formula is C28H26N2O2. The van der Waals surface area contributed by atoms with Crippen molar-refractivity contribution in [3.05, 3.63) is 108 Å². The van der Waals surface area contributed by atoms with E-state index in [9.17, 15) is 9.90 Å². The largest absolute Gasteiger partial charge is 0.389 e. The molecule has 160 valence electrons. The molecule has 0 fully saturated rings. The summed E-state index contributed by atoms with van der Waals surface area (Å²) in [5.41, 5.74) is 5.28. The van der Waals surface area contributed by atoms with Crippen LogP contribution in [0.1, 0.15) is 21.5 Å². The molecule has 0 amide bonds. The zero-order valence-corrected chi connectivity index (χ0v) is 17.9. The fraction of sp³-hybridized carbons (Fsp3) is 0.179. The van der Waals surface area contributed by atoms with Crippen molar-refractivity contribution in [1.82, 2.24) is 4.57 Å². The predicted molar refractivity (Wildman–Crippen MR) is 130 cm³/mol. The van der Waals surface area contributed by atoms with Gasteiger partial charge >= 0.3 is 0 Å². The quantitative estimate of drug-likeness (QED) is 0.338. The summed E-state index contributed by atoms with van der Waals surface area (Å²) in [6, 6.07) is 25.8. The highest BCUT2D eigenvalue weighted by atomic mass is 16.3. The van der Waals surface area contributed by atoms with Gasteiger partial charge in [-0.1, -0.05) is 66.7 Å². The molecule has 0 aliphatic carbocycles. The number of hydrogen-bond donors (Lipinski definition) is 1. The number of para-hydroxylation sites is 2. The first kappa shape index (κ1) is 20.3. The lowest BCUT2D eigenvalue weighted by Gasteiger charge is -2.23. The molecule has 0 saturated heterocycles. The molecule has 5 rings (SSSR count). The Hall–Kier alpha value is -3.63. The van der Waals surface area contributed by atoms with Crippen molar-refractivity contribution >= 4 is 28.4 Å². The minimum atomic E-state index is -0.500. The molecule has 1 aliphatic heterocycles. The summed E-state index contributed by atoms with van der Waals surface area (Å²) in [5.74, 6) is -0.0184. The molecule has 0 unspecified atom stereocenters. The summed E-state index contributed by atoms with van der Waals surface area (Å²) in [6.45, 7) is 2.04. The van der Waals surface area contributed by atoms with Crippen molar-refractivity contribution in [1.29, 1.82) is 0 Å². The van der Waals surface area contributed by atoms with Crippen LogP contribution in [-0.4, -0.2) is 34.7 Å². The maximum Gasteiger partial charge on any atom is 0.185 e. The lowest BCUT2D eigenvalue weighted by Crippen LogP contribution is -2.33. The van der Waals surface area contributed by atoms with Gasteiger partial charge in [0.2, 0.25) is 0 Å². The Bertz CT molecular complexity index is 1270. The number of β-amino-alcohol motifs (C(OH)–C–C–N with tert-alkyl or cyclic N) is 1. The Balaban J connectivity index is 1.35. The summed E-state index contributed by atoms with van der Waals surface area (Å²) in [5, 5.41) is 12.0. The van der Waals surface area contributed by atoms with Crippen LogP contribution in [0.5, 0.6) is 0 Å². The van der Waals surface area contributed by atoms with Gasteiger partial charge in [0.1, 0.15) is 0 Å². The van der Waals surface area contributed by atoms with Crippen LogP contribution in [0, 0.1) is 0 Å². The van der Waals surface area contributed by atoms with Crippen molar-refractivity contribution in [2.45, 2.75) is 19.1 Å². The molecule has 3 aromatic carbocycles. The molecule has 32 heavy (non-hydrogen) atoms. The maximum atomic E-state index is 12.5. The second-order valence-electron chi connectivity index (χ2n) is 8.30. The summed E-state index contributed by atoms with van der Waals surface area (Å²) in [7, 11) is 0. The number of aromatic nitrogens is 1.